The number of Topliss-reactive ketones (excluding diaryl/α,β-unsaturated/α-hetero) is 2. The van der Waals surface area contributed by atoms with Crippen LogP contribution in [0.15, 0.2) is 84.9 Å². The molecule has 0 bridgehead atoms. The molecule has 2 aliphatic rings. The maximum absolute atomic E-state index is 13.8. The summed E-state index contributed by atoms with van der Waals surface area (Å²) in [6, 6.07) is 23.1. The molecule has 2 heterocycles. The molecule has 2 saturated heterocycles. The zero-order valence-corrected chi connectivity index (χ0v) is 59.4. The van der Waals surface area contributed by atoms with Gasteiger partial charge >= 0.3 is 24.2 Å². The van der Waals surface area contributed by atoms with Crippen LogP contribution < -0.4 is 31.1 Å². The van der Waals surface area contributed by atoms with Gasteiger partial charge in [-0.3, -0.25) is 24.0 Å². The largest absolute Gasteiger partial charge is 0.480 e. The van der Waals surface area contributed by atoms with Crippen LogP contribution in [0.2, 0.25) is 20.1 Å². The van der Waals surface area contributed by atoms with Crippen LogP contribution in [0, 0.1) is 11.8 Å². The Labute approximate surface area is 573 Å². The van der Waals surface area contributed by atoms with Crippen molar-refractivity contribution < 1.29 is 62.5 Å². The van der Waals surface area contributed by atoms with Crippen LogP contribution in [0.3, 0.4) is 0 Å². The molecule has 6 rings (SSSR count). The highest BCUT2D eigenvalue weighted by molar-refractivity contribution is 6.35. The molecule has 516 valence electrons. The number of para-hydroxylation sites is 2. The summed E-state index contributed by atoms with van der Waals surface area (Å²) in [5, 5.41) is 21.2. The number of halogens is 4. The van der Waals surface area contributed by atoms with E-state index in [4.69, 9.17) is 60.6 Å². The van der Waals surface area contributed by atoms with E-state index < -0.39 is 58.9 Å². The minimum Gasteiger partial charge on any atom is -0.480 e. The molecule has 21 nitrogen and oxygen atoms in total. The standard InChI is InChI=1S/C32H42Cl2N4O5.C20H30N2O3.C17H22Cl2N2O5/c1-21(2)18-28(39)24-8-6-7-9-27(24)37-14-16-38(17-15-37)30(41)26(19-22-10-11-23(33)20-25(22)34)36-29(40)12-13-35-31(42)43-32(3,4)5;1-15(2)14-18(23)16-8-6-7-9-17(16)21-10-12-22(13-11-21)19(24)25-20(3,4)5;1-17(2,3)26-16(25)20-7-6-14(22)21-13(15(23)24)8-10-4-5-11(18)9-12(10)19/h6-11,20-21,26H,12-19H2,1-5H3,(H,35,42)(H,36,40);6-9,15H,10-14H2,1-5H3;4-5,9,13H,6-8H2,1-3H3,(H,20,25)(H,21,22)(H,23,24). The van der Waals surface area contributed by atoms with Gasteiger partial charge in [0.2, 0.25) is 17.7 Å². The van der Waals surface area contributed by atoms with Gasteiger partial charge in [-0.1, -0.05) is 110 Å². The number of carbonyl (C=O) groups is 9. The molecule has 6 amide bonds. The van der Waals surface area contributed by atoms with Crippen molar-refractivity contribution in [1.29, 1.82) is 0 Å². The van der Waals surface area contributed by atoms with E-state index in [1.807, 2.05) is 83.1 Å². The van der Waals surface area contributed by atoms with Crippen molar-refractivity contribution in [2.75, 3.05) is 75.2 Å². The Morgan fingerprint density at radius 1 is 0.489 bits per heavy atom. The van der Waals surface area contributed by atoms with Crippen LogP contribution in [0.1, 0.15) is 148 Å². The summed E-state index contributed by atoms with van der Waals surface area (Å²) in [7, 11) is 0. The summed E-state index contributed by atoms with van der Waals surface area (Å²) < 4.78 is 15.7. The number of hydrogen-bond donors (Lipinski definition) is 5. The van der Waals surface area contributed by atoms with E-state index >= 15 is 0 Å². The number of anilines is 2. The van der Waals surface area contributed by atoms with Crippen molar-refractivity contribution in [2.45, 2.75) is 157 Å². The van der Waals surface area contributed by atoms with Gasteiger partial charge in [-0.15, -0.1) is 0 Å². The van der Waals surface area contributed by atoms with Gasteiger partial charge in [0, 0.05) is 147 Å². The van der Waals surface area contributed by atoms with E-state index in [1.165, 1.54) is 6.07 Å². The maximum atomic E-state index is 13.8. The molecular formula is C69H94Cl4N8O13. The van der Waals surface area contributed by atoms with E-state index in [1.54, 1.807) is 81.7 Å². The Morgan fingerprint density at radius 3 is 1.21 bits per heavy atom. The van der Waals surface area contributed by atoms with Crippen LogP contribution in [0.4, 0.5) is 25.8 Å². The Balaban J connectivity index is 0.000000318. The second-order valence-corrected chi connectivity index (χ2v) is 28.3. The minimum atomic E-state index is -1.19. The molecule has 2 atom stereocenters. The third kappa shape index (κ3) is 28.7. The number of nitrogens with zero attached hydrogens (tertiary/aromatic N) is 4. The second-order valence-electron chi connectivity index (χ2n) is 26.7. The Kier molecular flexibility index (Phi) is 31.2. The van der Waals surface area contributed by atoms with E-state index in [0.717, 1.165) is 16.9 Å². The average molecular weight is 1390 g/mol. The molecule has 2 aliphatic heterocycles. The lowest BCUT2D eigenvalue weighted by Gasteiger charge is -2.38. The fourth-order valence-electron chi connectivity index (χ4n) is 9.71. The summed E-state index contributed by atoms with van der Waals surface area (Å²) in [5.41, 5.74) is 2.76. The number of carboxylic acid groups (broad SMARTS) is 1. The lowest BCUT2D eigenvalue weighted by molar-refractivity contribution is -0.141. The van der Waals surface area contributed by atoms with Crippen molar-refractivity contribution in [1.82, 2.24) is 31.1 Å². The third-order valence-corrected chi connectivity index (χ3v) is 15.2. The van der Waals surface area contributed by atoms with E-state index in [9.17, 15) is 48.3 Å². The number of amides is 6. The molecule has 5 N–H and O–H groups in total. The molecule has 0 aromatic heterocycles. The monoisotopic (exact) mass is 1380 g/mol. The van der Waals surface area contributed by atoms with Crippen molar-refractivity contribution in [2.24, 2.45) is 11.8 Å². The van der Waals surface area contributed by atoms with Gasteiger partial charge in [-0.25, -0.2) is 19.2 Å². The van der Waals surface area contributed by atoms with Crippen LogP contribution in [-0.4, -0.2) is 163 Å². The Morgan fingerprint density at radius 2 is 0.851 bits per heavy atom. The Hall–Kier alpha value is -7.33. The van der Waals surface area contributed by atoms with Crippen molar-refractivity contribution >= 4 is 111 Å². The van der Waals surface area contributed by atoms with Crippen LogP contribution >= 0.6 is 46.4 Å². The molecule has 25 heteroatoms. The lowest BCUT2D eigenvalue weighted by atomic mass is 9.99. The Bertz CT molecular complexity index is 3240. The number of aliphatic carboxylic acids is 1. The zero-order chi connectivity index (χ0) is 70.3. The lowest BCUT2D eigenvalue weighted by Crippen LogP contribution is -2.56. The molecule has 0 spiro atoms. The number of rotatable bonds is 22. The van der Waals surface area contributed by atoms with Gasteiger partial charge < -0.3 is 60.2 Å². The number of carboxylic acids is 1. The normalized spacial score (nSPS) is 14.0. The van der Waals surface area contributed by atoms with E-state index in [2.05, 4.69) is 44.9 Å². The fraction of sp³-hybridized carbons (Fsp3) is 0.522. The highest BCUT2D eigenvalue weighted by Crippen LogP contribution is 2.29. The molecule has 0 saturated carbocycles. The smallest absolute Gasteiger partial charge is 0.410 e. The summed E-state index contributed by atoms with van der Waals surface area (Å²) in [6.45, 7) is 28.8. The quantitative estimate of drug-likeness (QED) is 0.0362. The van der Waals surface area contributed by atoms with Crippen LogP contribution in [-0.2, 0) is 46.2 Å². The van der Waals surface area contributed by atoms with Gasteiger partial charge in [-0.2, -0.15) is 0 Å². The summed E-state index contributed by atoms with van der Waals surface area (Å²) in [4.78, 5) is 119. The molecule has 2 fully saturated rings. The van der Waals surface area contributed by atoms with Gasteiger partial charge in [-0.05, 0) is 134 Å². The molecular weight excluding hydrogens is 1290 g/mol. The fourth-order valence-corrected chi connectivity index (χ4v) is 10.7. The molecule has 0 radical (unpaired) electrons. The van der Waals surface area contributed by atoms with Gasteiger partial charge in [0.15, 0.2) is 11.6 Å². The number of ether oxygens (including phenoxy) is 3. The first-order valence-corrected chi connectivity index (χ1v) is 33.0. The number of carbonyl (C=O) groups excluding carboxylic acids is 8. The van der Waals surface area contributed by atoms with E-state index in [0.29, 0.717) is 108 Å². The second kappa shape index (κ2) is 37.1. The highest BCUT2D eigenvalue weighted by atomic mass is 35.5. The zero-order valence-electron chi connectivity index (χ0n) is 56.4. The number of piperazine rings is 2. The summed E-state index contributed by atoms with van der Waals surface area (Å²) in [6.07, 6.45) is -0.449. The average Bonchev–Trinajstić information content (AvgIpc) is 0.830. The maximum Gasteiger partial charge on any atom is 0.410 e. The summed E-state index contributed by atoms with van der Waals surface area (Å²) >= 11 is 24.3. The number of ketones is 2. The van der Waals surface area contributed by atoms with Gasteiger partial charge in [0.25, 0.3) is 0 Å². The predicted octanol–water partition coefficient (Wildman–Crippen LogP) is 12.5. The first-order chi connectivity index (χ1) is 43.9. The van der Waals surface area contributed by atoms with Crippen molar-refractivity contribution in [3.63, 3.8) is 0 Å². The molecule has 2 unspecified atom stereocenters. The molecule has 4 aromatic rings. The third-order valence-electron chi connectivity index (χ3n) is 14.0. The van der Waals surface area contributed by atoms with E-state index in [-0.39, 0.29) is 68.3 Å². The number of hydrogen-bond acceptors (Lipinski definition) is 14. The van der Waals surface area contributed by atoms with Crippen LogP contribution in [0.25, 0.3) is 0 Å². The molecule has 94 heavy (non-hydrogen) atoms. The first-order valence-electron chi connectivity index (χ1n) is 31.5. The number of nitrogens with one attached hydrogen (secondary N) is 4. The molecule has 4 aromatic carbocycles. The molecule has 0 aliphatic carbocycles. The van der Waals surface area contributed by atoms with Crippen molar-refractivity contribution in [3.05, 3.63) is 127 Å². The summed E-state index contributed by atoms with van der Waals surface area (Å²) in [5.74, 6) is -1.45. The number of alkyl carbamates (subject to hydrolysis) is 2. The first kappa shape index (κ1) is 79.1. The highest BCUT2D eigenvalue weighted by Gasteiger charge is 2.32. The number of benzene rings is 4. The van der Waals surface area contributed by atoms with Crippen molar-refractivity contribution in [3.8, 4) is 0 Å². The topological polar surface area (TPSA) is 263 Å². The predicted molar refractivity (Wildman–Crippen MR) is 369 cm³/mol. The SMILES string of the molecule is CC(C)(C)OC(=O)NCCC(=O)NC(Cc1ccc(Cl)cc1Cl)C(=O)O.CC(C)CC(=O)c1ccccc1N1CCN(C(=O)C(Cc2ccc(Cl)cc2Cl)NC(=O)CCNC(=O)OC(C)(C)C)CC1.CC(C)CC(=O)c1ccccc1N1CCN(C(=O)OC(C)(C)C)CC1. The van der Waals surface area contributed by atoms with Gasteiger partial charge in [0.1, 0.15) is 28.9 Å². The minimum absolute atomic E-state index is 0.0105. The van der Waals surface area contributed by atoms with Crippen LogP contribution in [0.5, 0.6) is 0 Å². The van der Waals surface area contributed by atoms with Gasteiger partial charge in [0.05, 0.1) is 0 Å².